The summed E-state index contributed by atoms with van der Waals surface area (Å²) in [4.78, 5) is 4.11. The maximum atomic E-state index is 10.2. The monoisotopic (exact) mass is 361 g/mol. The molecule has 1 aromatic carbocycles. The zero-order chi connectivity index (χ0) is 16.7. The number of ether oxygens (including phenoxy) is 2. The van der Waals surface area contributed by atoms with Gasteiger partial charge in [-0.2, -0.15) is 0 Å². The lowest BCUT2D eigenvalue weighted by Crippen LogP contribution is -2.45. The van der Waals surface area contributed by atoms with E-state index in [2.05, 4.69) is 15.6 Å². The normalized spacial score (nSPS) is 20.2. The van der Waals surface area contributed by atoms with Gasteiger partial charge < -0.3 is 25.2 Å². The number of hydrogen-bond donors (Lipinski definition) is 3. The summed E-state index contributed by atoms with van der Waals surface area (Å²) >= 11 is 11.9. The molecule has 0 radical (unpaired) electrons. The fourth-order valence-corrected chi connectivity index (χ4v) is 2.71. The van der Waals surface area contributed by atoms with Gasteiger partial charge in [0.1, 0.15) is 0 Å². The van der Waals surface area contributed by atoms with Gasteiger partial charge in [-0.25, -0.2) is 0 Å². The molecule has 1 heterocycles. The van der Waals surface area contributed by atoms with Crippen molar-refractivity contribution in [3.05, 3.63) is 33.8 Å². The number of halogens is 2. The first-order chi connectivity index (χ1) is 11.1. The quantitative estimate of drug-likeness (QED) is 0.548. The summed E-state index contributed by atoms with van der Waals surface area (Å²) in [5.41, 5.74) is 0.648. The molecule has 1 aliphatic rings. The molecule has 1 aliphatic heterocycles. The highest BCUT2D eigenvalue weighted by Gasteiger charge is 2.15. The molecule has 128 valence electrons. The number of nitrogens with one attached hydrogen (secondary N) is 2. The molecule has 8 heteroatoms. The van der Waals surface area contributed by atoms with Gasteiger partial charge in [-0.3, -0.25) is 4.99 Å². The number of rotatable bonds is 5. The minimum Gasteiger partial charge on any atom is -0.387 e. The second kappa shape index (κ2) is 9.30. The van der Waals surface area contributed by atoms with E-state index >= 15 is 0 Å². The summed E-state index contributed by atoms with van der Waals surface area (Å²) in [6.07, 6.45) is -0.752. The Morgan fingerprint density at radius 2 is 2.04 bits per heavy atom. The predicted octanol–water partition coefficient (Wildman–Crippen LogP) is 1.61. The highest BCUT2D eigenvalue weighted by atomic mass is 35.5. The number of guanidine groups is 1. The first-order valence-electron chi connectivity index (χ1n) is 7.36. The number of nitrogens with zero attached hydrogens (tertiary/aromatic N) is 1. The van der Waals surface area contributed by atoms with E-state index in [1.807, 2.05) is 0 Å². The third kappa shape index (κ3) is 6.16. The van der Waals surface area contributed by atoms with Gasteiger partial charge in [0.15, 0.2) is 5.96 Å². The third-order valence-corrected chi connectivity index (χ3v) is 3.77. The van der Waals surface area contributed by atoms with Crippen LogP contribution in [0.5, 0.6) is 0 Å². The number of benzene rings is 1. The van der Waals surface area contributed by atoms with E-state index in [1.165, 1.54) is 0 Å². The van der Waals surface area contributed by atoms with Crippen LogP contribution in [-0.2, 0) is 9.47 Å². The third-order valence-electron chi connectivity index (χ3n) is 3.34. The molecule has 0 spiro atoms. The van der Waals surface area contributed by atoms with Gasteiger partial charge in [0.2, 0.25) is 0 Å². The Bertz CT molecular complexity index is 516. The van der Waals surface area contributed by atoms with Crippen molar-refractivity contribution >= 4 is 29.2 Å². The first kappa shape index (κ1) is 18.3. The summed E-state index contributed by atoms with van der Waals surface area (Å²) < 4.78 is 10.9. The van der Waals surface area contributed by atoms with Crippen molar-refractivity contribution in [1.82, 2.24) is 10.6 Å². The summed E-state index contributed by atoms with van der Waals surface area (Å²) in [5.74, 6) is 0.575. The molecular formula is C15H21Cl2N3O3. The number of aliphatic hydroxyl groups is 1. The van der Waals surface area contributed by atoms with Crippen molar-refractivity contribution in [2.45, 2.75) is 12.2 Å². The maximum Gasteiger partial charge on any atom is 0.191 e. The first-order valence-corrected chi connectivity index (χ1v) is 8.12. The SMILES string of the molecule is CN=C(NCC1COCCO1)NCC(O)c1cc(Cl)cc(Cl)c1. The summed E-state index contributed by atoms with van der Waals surface area (Å²) in [6, 6.07) is 4.99. The molecule has 2 rings (SSSR count). The van der Waals surface area contributed by atoms with Crippen molar-refractivity contribution in [2.75, 3.05) is 40.0 Å². The molecule has 0 bridgehead atoms. The van der Waals surface area contributed by atoms with Crippen LogP contribution in [0.25, 0.3) is 0 Å². The van der Waals surface area contributed by atoms with Gasteiger partial charge in [0.25, 0.3) is 0 Å². The molecule has 1 fully saturated rings. The van der Waals surface area contributed by atoms with Crippen molar-refractivity contribution in [3.8, 4) is 0 Å². The van der Waals surface area contributed by atoms with Gasteiger partial charge in [0, 0.05) is 30.2 Å². The highest BCUT2D eigenvalue weighted by molar-refractivity contribution is 6.34. The molecule has 0 amide bonds. The topological polar surface area (TPSA) is 75.1 Å². The minimum atomic E-state index is -0.751. The lowest BCUT2D eigenvalue weighted by Gasteiger charge is -2.24. The lowest BCUT2D eigenvalue weighted by atomic mass is 10.1. The average molecular weight is 362 g/mol. The molecule has 2 atom stereocenters. The van der Waals surface area contributed by atoms with Crippen LogP contribution in [0.15, 0.2) is 23.2 Å². The second-order valence-electron chi connectivity index (χ2n) is 5.12. The van der Waals surface area contributed by atoms with E-state index in [0.717, 1.165) is 0 Å². The largest absolute Gasteiger partial charge is 0.387 e. The molecule has 23 heavy (non-hydrogen) atoms. The molecule has 1 saturated heterocycles. The highest BCUT2D eigenvalue weighted by Crippen LogP contribution is 2.23. The van der Waals surface area contributed by atoms with Crippen LogP contribution in [0, 0.1) is 0 Å². The summed E-state index contributed by atoms with van der Waals surface area (Å²) in [7, 11) is 1.66. The molecule has 0 saturated carbocycles. The van der Waals surface area contributed by atoms with Crippen LogP contribution in [0.3, 0.4) is 0 Å². The second-order valence-corrected chi connectivity index (χ2v) is 5.99. The van der Waals surface area contributed by atoms with Crippen molar-refractivity contribution in [2.24, 2.45) is 4.99 Å². The summed E-state index contributed by atoms with van der Waals surface area (Å²) in [5, 5.41) is 17.4. The van der Waals surface area contributed by atoms with Crippen LogP contribution in [0.1, 0.15) is 11.7 Å². The smallest absolute Gasteiger partial charge is 0.191 e. The van der Waals surface area contributed by atoms with Gasteiger partial charge in [-0.05, 0) is 23.8 Å². The Morgan fingerprint density at radius 3 is 2.65 bits per heavy atom. The Kier molecular flexibility index (Phi) is 7.39. The van der Waals surface area contributed by atoms with E-state index < -0.39 is 6.10 Å². The van der Waals surface area contributed by atoms with Crippen molar-refractivity contribution < 1.29 is 14.6 Å². The Balaban J connectivity index is 1.80. The zero-order valence-corrected chi connectivity index (χ0v) is 14.4. The van der Waals surface area contributed by atoms with E-state index in [4.69, 9.17) is 32.7 Å². The van der Waals surface area contributed by atoms with E-state index in [1.54, 1.807) is 25.2 Å². The van der Waals surface area contributed by atoms with Gasteiger partial charge in [-0.1, -0.05) is 23.2 Å². The predicted molar refractivity (Wildman–Crippen MR) is 91.3 cm³/mol. The Labute approximate surface area is 145 Å². The number of aliphatic hydroxyl groups excluding tert-OH is 1. The van der Waals surface area contributed by atoms with E-state index in [9.17, 15) is 5.11 Å². The van der Waals surface area contributed by atoms with Gasteiger partial charge >= 0.3 is 0 Å². The fourth-order valence-electron chi connectivity index (χ4n) is 2.16. The number of hydrogen-bond acceptors (Lipinski definition) is 4. The molecule has 0 aromatic heterocycles. The standard InChI is InChI=1S/C15H21Cl2N3O3/c1-18-15(19-7-13-9-22-2-3-23-13)20-8-14(21)10-4-11(16)6-12(17)5-10/h4-6,13-14,21H,2-3,7-9H2,1H3,(H2,18,19,20). The Hall–Kier alpha value is -1.05. The van der Waals surface area contributed by atoms with Gasteiger partial charge in [-0.15, -0.1) is 0 Å². The molecule has 2 unspecified atom stereocenters. The average Bonchev–Trinajstić information content (AvgIpc) is 2.55. The van der Waals surface area contributed by atoms with Crippen LogP contribution in [0.2, 0.25) is 10.0 Å². The molecule has 0 aliphatic carbocycles. The van der Waals surface area contributed by atoms with Crippen LogP contribution < -0.4 is 10.6 Å². The maximum absolute atomic E-state index is 10.2. The molecular weight excluding hydrogens is 341 g/mol. The van der Waals surface area contributed by atoms with Crippen LogP contribution in [-0.4, -0.2) is 57.1 Å². The van der Waals surface area contributed by atoms with Gasteiger partial charge in [0.05, 0.1) is 32.0 Å². The minimum absolute atomic E-state index is 0.000963. The number of aliphatic imine (C=N–C) groups is 1. The van der Waals surface area contributed by atoms with Crippen molar-refractivity contribution in [1.29, 1.82) is 0 Å². The van der Waals surface area contributed by atoms with Crippen LogP contribution in [0.4, 0.5) is 0 Å². The zero-order valence-electron chi connectivity index (χ0n) is 12.9. The van der Waals surface area contributed by atoms with E-state index in [-0.39, 0.29) is 12.6 Å². The fraction of sp³-hybridized carbons (Fsp3) is 0.533. The molecule has 6 nitrogen and oxygen atoms in total. The lowest BCUT2D eigenvalue weighted by molar-refractivity contribution is -0.0850. The van der Waals surface area contributed by atoms with Crippen LogP contribution >= 0.6 is 23.2 Å². The molecule has 1 aromatic rings. The van der Waals surface area contributed by atoms with E-state index in [0.29, 0.717) is 47.9 Å². The molecule has 3 N–H and O–H groups in total. The van der Waals surface area contributed by atoms with Crippen molar-refractivity contribution in [3.63, 3.8) is 0 Å². The summed E-state index contributed by atoms with van der Waals surface area (Å²) in [6.45, 7) is 2.66. The Morgan fingerprint density at radius 1 is 1.30 bits per heavy atom.